The maximum Gasteiger partial charge on any atom is 0.291 e. The molecule has 0 aliphatic carbocycles. The molecule has 5 rings (SSSR count). The summed E-state index contributed by atoms with van der Waals surface area (Å²) in [5.41, 5.74) is 5.93. The number of thiazole rings is 1. The number of nitrogens with zero attached hydrogens (tertiary/aromatic N) is 4. The Morgan fingerprint density at radius 2 is 2.05 bits per heavy atom. The Morgan fingerprint density at radius 1 is 1.20 bits per heavy atom. The minimum atomic E-state index is 0.897. The van der Waals surface area contributed by atoms with Gasteiger partial charge in [-0.05, 0) is 35.6 Å². The number of aromatic nitrogens is 4. The first kappa shape index (κ1) is 10.5. The molecular formula is C15H11N4S+. The zero-order chi connectivity index (χ0) is 13.3. The lowest BCUT2D eigenvalue weighted by Gasteiger charge is -1.93. The molecule has 1 aliphatic rings. The van der Waals surface area contributed by atoms with Crippen LogP contribution in [-0.4, -0.2) is 14.5 Å². The van der Waals surface area contributed by atoms with Gasteiger partial charge in [-0.2, -0.15) is 4.57 Å². The van der Waals surface area contributed by atoms with E-state index in [1.807, 2.05) is 24.5 Å². The van der Waals surface area contributed by atoms with Gasteiger partial charge in [-0.3, -0.25) is 0 Å². The number of fused-ring (bicyclic) bond motifs is 7. The van der Waals surface area contributed by atoms with E-state index in [1.165, 1.54) is 26.4 Å². The Morgan fingerprint density at radius 3 is 3.00 bits per heavy atom. The van der Waals surface area contributed by atoms with Crippen molar-refractivity contribution in [2.24, 2.45) is 7.05 Å². The van der Waals surface area contributed by atoms with Crippen LogP contribution in [0.4, 0.5) is 0 Å². The molecule has 0 radical (unpaired) electrons. The molecule has 4 nitrogen and oxygen atoms in total. The standard InChI is InChI=1S/C15H11N4S/c1-18-10-5-3-7-17-12(10)13-15(18)20-14-11-9(8-19(13)14)4-2-6-16-11/h2-7H,8H2,1H3/q+1. The van der Waals surface area contributed by atoms with Gasteiger partial charge in [0.1, 0.15) is 0 Å². The molecule has 0 fully saturated rings. The molecule has 0 amide bonds. The van der Waals surface area contributed by atoms with Crippen molar-refractivity contribution in [3.63, 3.8) is 0 Å². The minimum Gasteiger partial charge on any atom is -0.329 e. The molecule has 5 heterocycles. The largest absolute Gasteiger partial charge is 0.329 e. The summed E-state index contributed by atoms with van der Waals surface area (Å²) >= 11 is 1.80. The minimum absolute atomic E-state index is 0.897. The van der Waals surface area contributed by atoms with Crippen LogP contribution in [0.5, 0.6) is 0 Å². The highest BCUT2D eigenvalue weighted by atomic mass is 32.1. The summed E-state index contributed by atoms with van der Waals surface area (Å²) < 4.78 is 4.59. The molecule has 4 aromatic heterocycles. The third-order valence-corrected chi connectivity index (χ3v) is 5.28. The van der Waals surface area contributed by atoms with E-state index in [9.17, 15) is 0 Å². The van der Waals surface area contributed by atoms with Gasteiger partial charge in [0.2, 0.25) is 0 Å². The molecule has 0 saturated carbocycles. The van der Waals surface area contributed by atoms with Crippen LogP contribution < -0.4 is 4.57 Å². The van der Waals surface area contributed by atoms with Crippen LogP contribution >= 0.6 is 11.3 Å². The van der Waals surface area contributed by atoms with Crippen molar-refractivity contribution in [3.05, 3.63) is 42.2 Å². The van der Waals surface area contributed by atoms with Gasteiger partial charge in [-0.1, -0.05) is 0 Å². The second-order valence-electron chi connectivity index (χ2n) is 5.09. The average molecular weight is 279 g/mol. The van der Waals surface area contributed by atoms with Crippen molar-refractivity contribution in [1.29, 1.82) is 0 Å². The first-order valence-corrected chi connectivity index (χ1v) is 7.36. The molecule has 0 bridgehead atoms. The molecule has 0 aromatic carbocycles. The third-order valence-electron chi connectivity index (χ3n) is 4.01. The van der Waals surface area contributed by atoms with Crippen LogP contribution in [0.25, 0.3) is 32.1 Å². The van der Waals surface area contributed by atoms with Crippen molar-refractivity contribution < 1.29 is 4.57 Å². The molecular weight excluding hydrogens is 268 g/mol. The van der Waals surface area contributed by atoms with Crippen LogP contribution in [0.3, 0.4) is 0 Å². The molecule has 96 valence electrons. The number of aryl methyl sites for hydroxylation is 1. The van der Waals surface area contributed by atoms with Gasteiger partial charge in [-0.25, -0.2) is 9.97 Å². The van der Waals surface area contributed by atoms with E-state index < -0.39 is 0 Å². The molecule has 0 N–H and O–H groups in total. The SMILES string of the molecule is Cn1c2cccnc2c2c1sc1[n+]2Cc2cccnc2-1. The lowest BCUT2D eigenvalue weighted by molar-refractivity contribution is -0.641. The number of hydrogen-bond acceptors (Lipinski definition) is 3. The summed E-state index contributed by atoms with van der Waals surface area (Å²) in [5, 5.41) is 1.24. The van der Waals surface area contributed by atoms with Crippen molar-refractivity contribution in [2.45, 2.75) is 6.54 Å². The monoisotopic (exact) mass is 279 g/mol. The van der Waals surface area contributed by atoms with E-state index in [0.29, 0.717) is 0 Å². The zero-order valence-electron chi connectivity index (χ0n) is 10.9. The highest BCUT2D eigenvalue weighted by Gasteiger charge is 2.35. The van der Waals surface area contributed by atoms with E-state index in [4.69, 9.17) is 0 Å². The second kappa shape index (κ2) is 3.43. The topological polar surface area (TPSA) is 34.6 Å². The average Bonchev–Trinajstić information content (AvgIpc) is 3.09. The summed E-state index contributed by atoms with van der Waals surface area (Å²) in [6.07, 6.45) is 3.74. The number of hydrogen-bond donors (Lipinski definition) is 0. The fourth-order valence-electron chi connectivity index (χ4n) is 3.08. The maximum atomic E-state index is 4.59. The van der Waals surface area contributed by atoms with Gasteiger partial charge in [0.15, 0.2) is 22.6 Å². The van der Waals surface area contributed by atoms with Crippen molar-refractivity contribution in [1.82, 2.24) is 14.5 Å². The van der Waals surface area contributed by atoms with Gasteiger partial charge < -0.3 is 4.57 Å². The Hall–Kier alpha value is -2.27. The summed E-state index contributed by atoms with van der Waals surface area (Å²) in [5.74, 6) is 0. The Bertz CT molecular complexity index is 996. The summed E-state index contributed by atoms with van der Waals surface area (Å²) in [6.45, 7) is 0.897. The van der Waals surface area contributed by atoms with Crippen molar-refractivity contribution in [3.8, 4) is 10.7 Å². The van der Waals surface area contributed by atoms with Crippen molar-refractivity contribution in [2.75, 3.05) is 0 Å². The smallest absolute Gasteiger partial charge is 0.291 e. The van der Waals surface area contributed by atoms with E-state index >= 15 is 0 Å². The number of rotatable bonds is 0. The fraction of sp³-hybridized carbons (Fsp3) is 0.133. The lowest BCUT2D eigenvalue weighted by Crippen LogP contribution is -2.30. The molecule has 0 atom stereocenters. The Balaban J connectivity index is 1.97. The molecule has 1 aliphatic heterocycles. The van der Waals surface area contributed by atoms with Gasteiger partial charge in [-0.15, -0.1) is 0 Å². The third kappa shape index (κ3) is 1.10. The van der Waals surface area contributed by atoms with E-state index in [0.717, 1.165) is 17.8 Å². The van der Waals surface area contributed by atoms with Crippen LogP contribution in [0.2, 0.25) is 0 Å². The van der Waals surface area contributed by atoms with Crippen LogP contribution in [0, 0.1) is 0 Å². The summed E-state index contributed by atoms with van der Waals surface area (Å²) in [7, 11) is 2.11. The Labute approximate surface area is 119 Å². The van der Waals surface area contributed by atoms with Crippen LogP contribution in [0.15, 0.2) is 36.7 Å². The van der Waals surface area contributed by atoms with E-state index in [-0.39, 0.29) is 0 Å². The second-order valence-corrected chi connectivity index (χ2v) is 6.07. The molecule has 20 heavy (non-hydrogen) atoms. The highest BCUT2D eigenvalue weighted by Crippen LogP contribution is 2.37. The molecule has 4 aromatic rings. The first-order valence-electron chi connectivity index (χ1n) is 6.54. The predicted molar refractivity (Wildman–Crippen MR) is 78.6 cm³/mol. The summed E-state index contributed by atoms with van der Waals surface area (Å²) in [6, 6.07) is 8.29. The molecule has 0 spiro atoms. The zero-order valence-corrected chi connectivity index (χ0v) is 11.7. The number of pyridine rings is 2. The van der Waals surface area contributed by atoms with Gasteiger partial charge in [0, 0.05) is 19.4 Å². The summed E-state index contributed by atoms with van der Waals surface area (Å²) in [4.78, 5) is 10.4. The molecule has 0 unspecified atom stereocenters. The first-order chi connectivity index (χ1) is 9.84. The fourth-order valence-corrected chi connectivity index (χ4v) is 4.35. The van der Waals surface area contributed by atoms with Gasteiger partial charge >= 0.3 is 0 Å². The predicted octanol–water partition coefficient (Wildman–Crippen LogP) is 2.50. The normalized spacial score (nSPS) is 13.1. The Kier molecular flexibility index (Phi) is 1.80. The van der Waals surface area contributed by atoms with Crippen LogP contribution in [-0.2, 0) is 13.6 Å². The lowest BCUT2D eigenvalue weighted by atomic mass is 10.2. The van der Waals surface area contributed by atoms with E-state index in [1.54, 1.807) is 11.3 Å². The molecule has 5 heteroatoms. The molecule has 0 saturated heterocycles. The van der Waals surface area contributed by atoms with Crippen molar-refractivity contribution >= 4 is 32.7 Å². The maximum absolute atomic E-state index is 4.59. The highest BCUT2D eigenvalue weighted by molar-refractivity contribution is 7.21. The van der Waals surface area contributed by atoms with Gasteiger partial charge in [0.05, 0.1) is 11.1 Å². The van der Waals surface area contributed by atoms with Gasteiger partial charge in [0.25, 0.3) is 10.5 Å². The van der Waals surface area contributed by atoms with E-state index in [2.05, 4.69) is 38.3 Å². The van der Waals surface area contributed by atoms with Crippen LogP contribution in [0.1, 0.15) is 5.56 Å². The quantitative estimate of drug-likeness (QED) is 0.408.